The summed E-state index contributed by atoms with van der Waals surface area (Å²) in [6, 6.07) is 13.4. The van der Waals surface area contributed by atoms with Crippen molar-refractivity contribution in [2.24, 2.45) is 0 Å². The van der Waals surface area contributed by atoms with Gasteiger partial charge in [-0.3, -0.25) is 4.79 Å². The molecule has 0 spiro atoms. The highest BCUT2D eigenvalue weighted by molar-refractivity contribution is 5.92. The Morgan fingerprint density at radius 2 is 1.93 bits per heavy atom. The van der Waals surface area contributed by atoms with E-state index in [0.717, 1.165) is 23.4 Å². The molecule has 0 saturated heterocycles. The molecule has 158 valence electrons. The largest absolute Gasteiger partial charge is 0.496 e. The summed E-state index contributed by atoms with van der Waals surface area (Å²) >= 11 is 0. The summed E-state index contributed by atoms with van der Waals surface area (Å²) in [5.41, 5.74) is 0.195. The second kappa shape index (κ2) is 9.34. The number of alkyl halides is 3. The van der Waals surface area contributed by atoms with E-state index in [1.807, 2.05) is 24.3 Å². The molecule has 0 unspecified atom stereocenters. The lowest BCUT2D eigenvalue weighted by molar-refractivity contribution is -0.137. The molecule has 6 nitrogen and oxygen atoms in total. The van der Waals surface area contributed by atoms with Crippen molar-refractivity contribution in [2.45, 2.75) is 19.2 Å². The second-order valence-electron chi connectivity index (χ2n) is 6.31. The van der Waals surface area contributed by atoms with Crippen LogP contribution in [0.15, 0.2) is 59.1 Å². The molecule has 3 aromatic rings. The fourth-order valence-corrected chi connectivity index (χ4v) is 2.72. The number of benzene rings is 2. The van der Waals surface area contributed by atoms with Gasteiger partial charge in [0.05, 0.1) is 12.7 Å². The van der Waals surface area contributed by atoms with Crippen molar-refractivity contribution in [3.05, 3.63) is 77.2 Å². The molecule has 0 radical (unpaired) electrons. The van der Waals surface area contributed by atoms with Gasteiger partial charge in [-0.25, -0.2) is 0 Å². The number of para-hydroxylation sites is 1. The van der Waals surface area contributed by atoms with Gasteiger partial charge in [0, 0.05) is 12.6 Å². The molecular formula is C21H19F3N2O4. The molecule has 0 atom stereocenters. The number of nitrogens with zero attached hydrogens (tertiary/aromatic N) is 1. The lowest BCUT2D eigenvalue weighted by Crippen LogP contribution is -2.26. The molecule has 0 fully saturated rings. The van der Waals surface area contributed by atoms with E-state index in [4.69, 9.17) is 14.0 Å². The molecular weight excluding hydrogens is 401 g/mol. The average Bonchev–Trinajstić information content (AvgIpc) is 3.21. The number of hydrogen-bond acceptors (Lipinski definition) is 5. The molecule has 9 heteroatoms. The van der Waals surface area contributed by atoms with Crippen molar-refractivity contribution in [1.82, 2.24) is 10.5 Å². The summed E-state index contributed by atoms with van der Waals surface area (Å²) in [4.78, 5) is 12.2. The first kappa shape index (κ1) is 21.2. The molecule has 0 aliphatic carbocycles. The number of ether oxygens (including phenoxy) is 2. The van der Waals surface area contributed by atoms with Gasteiger partial charge >= 0.3 is 6.18 Å². The number of nitrogens with one attached hydrogen (secondary N) is 1. The van der Waals surface area contributed by atoms with Crippen LogP contribution < -0.4 is 14.8 Å². The van der Waals surface area contributed by atoms with Crippen LogP contribution in [0.3, 0.4) is 0 Å². The molecule has 1 amide bonds. The maximum absolute atomic E-state index is 12.7. The Morgan fingerprint density at radius 1 is 1.13 bits per heavy atom. The Hall–Kier alpha value is -3.49. The molecule has 0 aliphatic rings. The lowest BCUT2D eigenvalue weighted by Gasteiger charge is -2.09. The highest BCUT2D eigenvalue weighted by atomic mass is 19.4. The smallest absolute Gasteiger partial charge is 0.416 e. The number of methoxy groups -OCH3 is 1. The first-order valence-electron chi connectivity index (χ1n) is 9.02. The zero-order chi connectivity index (χ0) is 21.6. The highest BCUT2D eigenvalue weighted by Crippen LogP contribution is 2.31. The third kappa shape index (κ3) is 5.53. The van der Waals surface area contributed by atoms with Crippen LogP contribution in [0.2, 0.25) is 0 Å². The third-order valence-corrected chi connectivity index (χ3v) is 4.21. The van der Waals surface area contributed by atoms with Crippen LogP contribution in [0.4, 0.5) is 13.2 Å². The number of halogens is 3. The van der Waals surface area contributed by atoms with E-state index in [2.05, 4.69) is 10.5 Å². The van der Waals surface area contributed by atoms with Crippen LogP contribution in [0.1, 0.15) is 27.4 Å². The quantitative estimate of drug-likeness (QED) is 0.590. The maximum Gasteiger partial charge on any atom is 0.416 e. The van der Waals surface area contributed by atoms with E-state index in [1.54, 1.807) is 7.11 Å². The van der Waals surface area contributed by atoms with E-state index < -0.39 is 17.6 Å². The van der Waals surface area contributed by atoms with Crippen molar-refractivity contribution < 1.29 is 32.0 Å². The van der Waals surface area contributed by atoms with Crippen molar-refractivity contribution in [3.63, 3.8) is 0 Å². The molecule has 30 heavy (non-hydrogen) atoms. The second-order valence-corrected chi connectivity index (χ2v) is 6.31. The van der Waals surface area contributed by atoms with Crippen LogP contribution in [0.5, 0.6) is 11.5 Å². The van der Waals surface area contributed by atoms with Gasteiger partial charge in [0.1, 0.15) is 18.1 Å². The van der Waals surface area contributed by atoms with Crippen molar-refractivity contribution in [3.8, 4) is 11.5 Å². The summed E-state index contributed by atoms with van der Waals surface area (Å²) in [6.07, 6.45) is -3.89. The van der Waals surface area contributed by atoms with Crippen molar-refractivity contribution >= 4 is 5.91 Å². The SMILES string of the molecule is COc1ccccc1CCNC(=O)c1cc(COc2cccc(C(F)(F)F)c2)on1. The van der Waals surface area contributed by atoms with Gasteiger partial charge < -0.3 is 19.3 Å². The summed E-state index contributed by atoms with van der Waals surface area (Å²) < 4.78 is 53.8. The Morgan fingerprint density at radius 3 is 2.70 bits per heavy atom. The summed E-state index contributed by atoms with van der Waals surface area (Å²) in [5.74, 6) is 0.549. The third-order valence-electron chi connectivity index (χ3n) is 4.21. The summed E-state index contributed by atoms with van der Waals surface area (Å²) in [5, 5.41) is 6.40. The fourth-order valence-electron chi connectivity index (χ4n) is 2.72. The van der Waals surface area contributed by atoms with Crippen LogP contribution in [0.25, 0.3) is 0 Å². The number of carbonyl (C=O) groups is 1. The molecule has 1 heterocycles. The van der Waals surface area contributed by atoms with E-state index in [1.165, 1.54) is 18.2 Å². The molecule has 0 saturated carbocycles. The monoisotopic (exact) mass is 420 g/mol. The highest BCUT2D eigenvalue weighted by Gasteiger charge is 2.30. The van der Waals surface area contributed by atoms with Crippen LogP contribution in [-0.4, -0.2) is 24.7 Å². The first-order chi connectivity index (χ1) is 14.4. The van der Waals surface area contributed by atoms with E-state index in [9.17, 15) is 18.0 Å². The van der Waals surface area contributed by atoms with Gasteiger partial charge in [-0.1, -0.05) is 29.4 Å². The van der Waals surface area contributed by atoms with Gasteiger partial charge in [0.15, 0.2) is 11.5 Å². The summed E-state index contributed by atoms with van der Waals surface area (Å²) in [7, 11) is 1.58. The molecule has 2 aromatic carbocycles. The topological polar surface area (TPSA) is 73.6 Å². The van der Waals surface area contributed by atoms with Gasteiger partial charge in [-0.05, 0) is 36.2 Å². The zero-order valence-corrected chi connectivity index (χ0v) is 16.0. The minimum absolute atomic E-state index is 0.0315. The Labute approximate surface area is 170 Å². The fraction of sp³-hybridized carbons (Fsp3) is 0.238. The predicted molar refractivity (Wildman–Crippen MR) is 101 cm³/mol. The maximum atomic E-state index is 12.7. The van der Waals surface area contributed by atoms with Gasteiger partial charge in [-0.2, -0.15) is 13.2 Å². The van der Waals surface area contributed by atoms with Crippen LogP contribution in [0, 0.1) is 0 Å². The molecule has 1 N–H and O–H groups in total. The number of rotatable bonds is 8. The average molecular weight is 420 g/mol. The normalized spacial score (nSPS) is 11.2. The standard InChI is InChI=1S/C21H19F3N2O4/c1-28-19-8-3-2-5-14(19)9-10-25-20(27)18-12-17(30-26-18)13-29-16-7-4-6-15(11-16)21(22,23)24/h2-8,11-12H,9-10,13H2,1H3,(H,25,27). The van der Waals surface area contributed by atoms with Crippen LogP contribution in [-0.2, 0) is 19.2 Å². The number of amides is 1. The first-order valence-corrected chi connectivity index (χ1v) is 9.02. The van der Waals surface area contributed by atoms with Crippen LogP contribution >= 0.6 is 0 Å². The van der Waals surface area contributed by atoms with E-state index >= 15 is 0 Å². The number of hydrogen-bond donors (Lipinski definition) is 1. The summed E-state index contributed by atoms with van der Waals surface area (Å²) in [6.45, 7) is 0.199. The lowest BCUT2D eigenvalue weighted by atomic mass is 10.1. The minimum atomic E-state index is -4.46. The minimum Gasteiger partial charge on any atom is -0.496 e. The van der Waals surface area contributed by atoms with Gasteiger partial charge in [-0.15, -0.1) is 0 Å². The Kier molecular flexibility index (Phi) is 6.61. The van der Waals surface area contributed by atoms with E-state index in [0.29, 0.717) is 13.0 Å². The molecule has 1 aromatic heterocycles. The Balaban J connectivity index is 1.51. The Bertz CT molecular complexity index is 1000. The number of carbonyl (C=O) groups excluding carboxylic acids is 1. The van der Waals surface area contributed by atoms with Crippen molar-refractivity contribution in [1.29, 1.82) is 0 Å². The van der Waals surface area contributed by atoms with Gasteiger partial charge in [0.25, 0.3) is 5.91 Å². The number of aromatic nitrogens is 1. The zero-order valence-electron chi connectivity index (χ0n) is 16.0. The molecule has 0 aliphatic heterocycles. The van der Waals surface area contributed by atoms with E-state index in [-0.39, 0.29) is 23.8 Å². The van der Waals surface area contributed by atoms with Gasteiger partial charge in [0.2, 0.25) is 0 Å². The molecule has 3 rings (SSSR count). The van der Waals surface area contributed by atoms with Crippen molar-refractivity contribution in [2.75, 3.05) is 13.7 Å². The molecule has 0 bridgehead atoms. The predicted octanol–water partition coefficient (Wildman–Crippen LogP) is 4.25.